The number of nitrogens with zero attached hydrogens (tertiary/aromatic N) is 4. The number of azide groups is 1. The lowest BCUT2D eigenvalue weighted by Crippen LogP contribution is -2.38. The SMILES string of the molecule is [N-]=[N+]=NC(=O)N(Cc1ccccc1)C1/C=C\CCCCC(=O)SC1. The van der Waals surface area contributed by atoms with Crippen molar-refractivity contribution in [3.05, 3.63) is 58.5 Å². The molecule has 0 aromatic heterocycles. The van der Waals surface area contributed by atoms with Crippen molar-refractivity contribution < 1.29 is 9.59 Å². The highest BCUT2D eigenvalue weighted by molar-refractivity contribution is 8.13. The lowest BCUT2D eigenvalue weighted by molar-refractivity contribution is -0.111. The monoisotopic (exact) mass is 344 g/mol. The summed E-state index contributed by atoms with van der Waals surface area (Å²) in [5.74, 6) is 0.467. The van der Waals surface area contributed by atoms with Crippen LogP contribution >= 0.6 is 11.8 Å². The van der Waals surface area contributed by atoms with Gasteiger partial charge in [0, 0.05) is 28.7 Å². The van der Waals surface area contributed by atoms with Gasteiger partial charge in [-0.25, -0.2) is 0 Å². The van der Waals surface area contributed by atoms with Crippen LogP contribution in [0.25, 0.3) is 10.4 Å². The van der Waals surface area contributed by atoms with E-state index in [1.54, 1.807) is 0 Å². The van der Waals surface area contributed by atoms with Crippen LogP contribution in [0.4, 0.5) is 4.79 Å². The Morgan fingerprint density at radius 1 is 1.33 bits per heavy atom. The van der Waals surface area contributed by atoms with E-state index in [1.165, 1.54) is 16.7 Å². The van der Waals surface area contributed by atoms with Crippen molar-refractivity contribution in [1.29, 1.82) is 0 Å². The topological polar surface area (TPSA) is 86.1 Å². The summed E-state index contributed by atoms with van der Waals surface area (Å²) in [7, 11) is 0. The molecule has 1 aromatic carbocycles. The number of rotatable bonds is 3. The summed E-state index contributed by atoms with van der Waals surface area (Å²) in [5.41, 5.74) is 9.55. The third-order valence-electron chi connectivity index (χ3n) is 3.75. The summed E-state index contributed by atoms with van der Waals surface area (Å²) < 4.78 is 0. The molecule has 0 saturated carbocycles. The Morgan fingerprint density at radius 3 is 2.88 bits per heavy atom. The highest BCUT2D eigenvalue weighted by Gasteiger charge is 2.22. The lowest BCUT2D eigenvalue weighted by atomic mass is 10.1. The molecular weight excluding hydrogens is 324 g/mol. The third kappa shape index (κ3) is 5.76. The van der Waals surface area contributed by atoms with Crippen LogP contribution in [0.1, 0.15) is 31.2 Å². The minimum Gasteiger partial charge on any atom is -0.326 e. The Bertz CT molecular complexity index is 641. The van der Waals surface area contributed by atoms with Gasteiger partial charge in [-0.1, -0.05) is 54.2 Å². The second kappa shape index (κ2) is 9.80. The Labute approximate surface area is 145 Å². The average Bonchev–Trinajstić information content (AvgIpc) is 2.60. The van der Waals surface area contributed by atoms with Crippen molar-refractivity contribution in [2.24, 2.45) is 5.11 Å². The quantitative estimate of drug-likeness (QED) is 0.345. The highest BCUT2D eigenvalue weighted by atomic mass is 32.2. The first-order valence-electron chi connectivity index (χ1n) is 7.92. The molecule has 0 bridgehead atoms. The van der Waals surface area contributed by atoms with Crippen LogP contribution in [-0.4, -0.2) is 27.8 Å². The van der Waals surface area contributed by atoms with E-state index in [0.29, 0.717) is 18.7 Å². The molecule has 1 unspecified atom stereocenters. The maximum absolute atomic E-state index is 12.3. The normalized spacial score (nSPS) is 19.8. The third-order valence-corrected chi connectivity index (χ3v) is 4.78. The molecule has 1 aliphatic heterocycles. The number of allylic oxidation sites excluding steroid dienone is 1. The minimum atomic E-state index is -0.624. The largest absolute Gasteiger partial charge is 0.326 e. The Kier molecular flexibility index (Phi) is 7.39. The molecule has 7 heteroatoms. The zero-order valence-electron chi connectivity index (χ0n) is 13.4. The molecular formula is C17H20N4O2S. The van der Waals surface area contributed by atoms with Crippen LogP contribution in [0.2, 0.25) is 0 Å². The molecule has 0 saturated heterocycles. The van der Waals surface area contributed by atoms with Gasteiger partial charge in [0.15, 0.2) is 5.12 Å². The number of amides is 2. The molecule has 1 aliphatic rings. The van der Waals surface area contributed by atoms with Crippen LogP contribution in [0.5, 0.6) is 0 Å². The first-order chi connectivity index (χ1) is 11.7. The first-order valence-corrected chi connectivity index (χ1v) is 8.91. The molecule has 0 N–H and O–H groups in total. The van der Waals surface area contributed by atoms with E-state index in [2.05, 4.69) is 10.0 Å². The molecule has 1 aromatic rings. The summed E-state index contributed by atoms with van der Waals surface area (Å²) in [6, 6.07) is 8.62. The molecule has 6 nitrogen and oxygen atoms in total. The maximum Gasteiger partial charge on any atom is 0.311 e. The Morgan fingerprint density at radius 2 is 2.12 bits per heavy atom. The second-order valence-electron chi connectivity index (χ2n) is 5.51. The van der Waals surface area contributed by atoms with Crippen molar-refractivity contribution in [3.63, 3.8) is 0 Å². The molecule has 1 atom stereocenters. The van der Waals surface area contributed by atoms with E-state index in [0.717, 1.165) is 24.8 Å². The van der Waals surface area contributed by atoms with E-state index >= 15 is 0 Å². The molecule has 0 aliphatic carbocycles. The molecule has 1 heterocycles. The average molecular weight is 344 g/mol. The number of benzene rings is 1. The summed E-state index contributed by atoms with van der Waals surface area (Å²) in [6.07, 6.45) is 7.28. The molecule has 2 amide bonds. The van der Waals surface area contributed by atoms with Gasteiger partial charge in [-0.2, -0.15) is 0 Å². The molecule has 2 rings (SSSR count). The van der Waals surface area contributed by atoms with Gasteiger partial charge >= 0.3 is 6.03 Å². The van der Waals surface area contributed by atoms with E-state index in [9.17, 15) is 9.59 Å². The molecule has 0 spiro atoms. The predicted octanol–water partition coefficient (Wildman–Crippen LogP) is 4.68. The van der Waals surface area contributed by atoms with Crippen molar-refractivity contribution in [2.45, 2.75) is 38.3 Å². The van der Waals surface area contributed by atoms with E-state index in [4.69, 9.17) is 5.53 Å². The van der Waals surface area contributed by atoms with Gasteiger partial charge in [0.25, 0.3) is 0 Å². The molecule has 126 valence electrons. The number of thioether (sulfide) groups is 1. The molecule has 24 heavy (non-hydrogen) atoms. The van der Waals surface area contributed by atoms with Gasteiger partial charge in [0.05, 0.1) is 6.04 Å². The van der Waals surface area contributed by atoms with Gasteiger partial charge in [-0.3, -0.25) is 9.59 Å². The number of urea groups is 1. The van der Waals surface area contributed by atoms with Crippen molar-refractivity contribution in [1.82, 2.24) is 4.90 Å². The lowest BCUT2D eigenvalue weighted by Gasteiger charge is -2.28. The Balaban J connectivity index is 2.22. The summed E-state index contributed by atoms with van der Waals surface area (Å²) in [4.78, 5) is 28.3. The summed E-state index contributed by atoms with van der Waals surface area (Å²) in [5, 5.41) is 3.40. The van der Waals surface area contributed by atoms with E-state index in [-0.39, 0.29) is 11.2 Å². The van der Waals surface area contributed by atoms with Crippen LogP contribution in [-0.2, 0) is 11.3 Å². The number of hydrogen-bond donors (Lipinski definition) is 0. The minimum absolute atomic E-state index is 0.145. The zero-order valence-corrected chi connectivity index (χ0v) is 14.2. The van der Waals surface area contributed by atoms with E-state index < -0.39 is 6.03 Å². The van der Waals surface area contributed by atoms with Crippen molar-refractivity contribution in [2.75, 3.05) is 5.75 Å². The zero-order chi connectivity index (χ0) is 17.2. The van der Waals surface area contributed by atoms with Gasteiger partial charge < -0.3 is 4.90 Å². The van der Waals surface area contributed by atoms with Crippen LogP contribution in [0.15, 0.2) is 47.6 Å². The predicted molar refractivity (Wildman–Crippen MR) is 95.4 cm³/mol. The second-order valence-corrected chi connectivity index (χ2v) is 6.59. The molecule has 0 fully saturated rings. The fraction of sp³-hybridized carbons (Fsp3) is 0.412. The first kappa shape index (κ1) is 18.1. The van der Waals surface area contributed by atoms with Gasteiger partial charge in [0.1, 0.15) is 0 Å². The molecule has 0 radical (unpaired) electrons. The van der Waals surface area contributed by atoms with E-state index in [1.807, 2.05) is 42.5 Å². The highest BCUT2D eigenvalue weighted by Crippen LogP contribution is 2.20. The van der Waals surface area contributed by atoms with Crippen LogP contribution in [0, 0.1) is 0 Å². The van der Waals surface area contributed by atoms with Gasteiger partial charge in [-0.15, -0.1) is 0 Å². The smallest absolute Gasteiger partial charge is 0.311 e. The summed E-state index contributed by atoms with van der Waals surface area (Å²) >= 11 is 1.24. The Hall–Kier alpha value is -2.24. The number of carbonyl (C=O) groups is 2. The number of hydrogen-bond acceptors (Lipinski definition) is 3. The standard InChI is InChI=1S/C17H20N4O2S/c18-20-19-17(23)21(12-14-8-4-3-5-9-14)15-10-6-1-2-7-11-16(22)24-13-15/h3-6,8-10,15H,1-2,7,11-13H2/b10-6-. The van der Waals surface area contributed by atoms with Gasteiger partial charge in [0.2, 0.25) is 0 Å². The number of carbonyl (C=O) groups excluding carboxylic acids is 2. The maximum atomic E-state index is 12.3. The van der Waals surface area contributed by atoms with Crippen LogP contribution in [0.3, 0.4) is 0 Å². The fourth-order valence-electron chi connectivity index (χ4n) is 2.49. The van der Waals surface area contributed by atoms with Gasteiger partial charge in [-0.05, 0) is 30.4 Å². The fourth-order valence-corrected chi connectivity index (χ4v) is 3.42. The van der Waals surface area contributed by atoms with Crippen molar-refractivity contribution >= 4 is 22.9 Å². The van der Waals surface area contributed by atoms with Crippen LogP contribution < -0.4 is 0 Å². The summed E-state index contributed by atoms with van der Waals surface area (Å²) in [6.45, 7) is 0.336. The van der Waals surface area contributed by atoms with Crippen molar-refractivity contribution in [3.8, 4) is 0 Å².